The van der Waals surface area contributed by atoms with E-state index in [4.69, 9.17) is 23.2 Å². The van der Waals surface area contributed by atoms with Gasteiger partial charge < -0.3 is 10.2 Å². The van der Waals surface area contributed by atoms with Crippen LogP contribution in [0.4, 0.5) is 0 Å². The molecule has 1 N–H and O–H groups in total. The molecule has 0 heterocycles. The highest BCUT2D eigenvalue weighted by molar-refractivity contribution is 6.42. The van der Waals surface area contributed by atoms with Crippen molar-refractivity contribution in [3.05, 3.63) is 33.8 Å². The van der Waals surface area contributed by atoms with Crippen molar-refractivity contribution in [3.8, 4) is 0 Å². The predicted molar refractivity (Wildman–Crippen MR) is 85.4 cm³/mol. The van der Waals surface area contributed by atoms with Gasteiger partial charge in [-0.15, -0.1) is 0 Å². The molecule has 0 aromatic heterocycles. The average molecular weight is 331 g/mol. The summed E-state index contributed by atoms with van der Waals surface area (Å²) in [4.78, 5) is 25.6. The van der Waals surface area contributed by atoms with Crippen molar-refractivity contribution in [1.29, 1.82) is 0 Å². The molecule has 1 aromatic carbocycles. The van der Waals surface area contributed by atoms with E-state index in [0.29, 0.717) is 23.0 Å². The van der Waals surface area contributed by atoms with Crippen molar-refractivity contribution in [1.82, 2.24) is 10.2 Å². The van der Waals surface area contributed by atoms with Gasteiger partial charge in [-0.1, -0.05) is 36.2 Å². The van der Waals surface area contributed by atoms with E-state index < -0.39 is 6.04 Å². The van der Waals surface area contributed by atoms with Gasteiger partial charge >= 0.3 is 0 Å². The zero-order chi connectivity index (χ0) is 16.0. The quantitative estimate of drug-likeness (QED) is 0.870. The maximum absolute atomic E-state index is 12.2. The number of benzene rings is 1. The first kappa shape index (κ1) is 17.8. The van der Waals surface area contributed by atoms with Gasteiger partial charge in [0.25, 0.3) is 0 Å². The highest BCUT2D eigenvalue weighted by Crippen LogP contribution is 2.24. The van der Waals surface area contributed by atoms with Gasteiger partial charge in [0.15, 0.2) is 0 Å². The third-order valence-electron chi connectivity index (χ3n) is 3.21. The zero-order valence-electron chi connectivity index (χ0n) is 12.5. The van der Waals surface area contributed by atoms with Crippen molar-refractivity contribution in [2.24, 2.45) is 0 Å². The van der Waals surface area contributed by atoms with Gasteiger partial charge in [0, 0.05) is 20.0 Å². The fourth-order valence-corrected chi connectivity index (χ4v) is 2.30. The second kappa shape index (κ2) is 8.25. The van der Waals surface area contributed by atoms with Gasteiger partial charge in [0.1, 0.15) is 6.04 Å². The van der Waals surface area contributed by atoms with Crippen LogP contribution in [0.3, 0.4) is 0 Å². The molecule has 0 spiro atoms. The van der Waals surface area contributed by atoms with E-state index in [1.807, 2.05) is 6.92 Å². The van der Waals surface area contributed by atoms with Gasteiger partial charge in [-0.3, -0.25) is 9.59 Å². The Balaban J connectivity index is 2.98. The maximum atomic E-state index is 12.2. The summed E-state index contributed by atoms with van der Waals surface area (Å²) in [6.07, 6.45) is 1.14. The maximum Gasteiger partial charge on any atom is 0.242 e. The summed E-state index contributed by atoms with van der Waals surface area (Å²) in [5, 5.41) is 3.47. The van der Waals surface area contributed by atoms with E-state index in [9.17, 15) is 9.59 Å². The summed E-state index contributed by atoms with van der Waals surface area (Å²) >= 11 is 11.9. The standard InChI is InChI=1S/C15H20Cl2N2O2/c1-4-5-14(20)19(10(2)15(21)18-3)9-11-6-7-12(16)13(17)8-11/h6-8,10H,4-5,9H2,1-3H3,(H,18,21)/t10-/m1/s1. The van der Waals surface area contributed by atoms with Crippen LogP contribution in [0.15, 0.2) is 18.2 Å². The fraction of sp³-hybridized carbons (Fsp3) is 0.467. The molecule has 0 saturated carbocycles. The average Bonchev–Trinajstić information content (AvgIpc) is 2.47. The number of halogens is 2. The number of carbonyl (C=O) groups is 2. The van der Waals surface area contributed by atoms with Gasteiger partial charge in [0.2, 0.25) is 11.8 Å². The molecule has 1 atom stereocenters. The van der Waals surface area contributed by atoms with E-state index in [0.717, 1.165) is 12.0 Å². The summed E-state index contributed by atoms with van der Waals surface area (Å²) in [5.74, 6) is -0.251. The first-order valence-electron chi connectivity index (χ1n) is 6.85. The summed E-state index contributed by atoms with van der Waals surface area (Å²) < 4.78 is 0. The Morgan fingerprint density at radius 1 is 1.29 bits per heavy atom. The van der Waals surface area contributed by atoms with Gasteiger partial charge in [-0.2, -0.15) is 0 Å². The van der Waals surface area contributed by atoms with Crippen LogP contribution in [0.1, 0.15) is 32.3 Å². The SMILES string of the molecule is CCCC(=O)N(Cc1ccc(Cl)c(Cl)c1)[C@H](C)C(=O)NC. The molecule has 2 amide bonds. The Kier molecular flexibility index (Phi) is 6.99. The number of rotatable bonds is 6. The van der Waals surface area contributed by atoms with Crippen LogP contribution in [0.25, 0.3) is 0 Å². The third kappa shape index (κ3) is 4.90. The summed E-state index contributed by atoms with van der Waals surface area (Å²) in [7, 11) is 1.56. The Labute approximate surface area is 135 Å². The molecule has 1 aromatic rings. The normalized spacial score (nSPS) is 11.9. The second-order valence-electron chi connectivity index (χ2n) is 4.81. The molecule has 0 fully saturated rings. The van der Waals surface area contributed by atoms with E-state index in [1.165, 1.54) is 0 Å². The lowest BCUT2D eigenvalue weighted by Crippen LogP contribution is -2.46. The summed E-state index contributed by atoms with van der Waals surface area (Å²) in [6.45, 7) is 3.97. The highest BCUT2D eigenvalue weighted by Gasteiger charge is 2.24. The van der Waals surface area contributed by atoms with Gasteiger partial charge in [0.05, 0.1) is 10.0 Å². The van der Waals surface area contributed by atoms with Crippen LogP contribution in [-0.4, -0.2) is 29.8 Å². The van der Waals surface area contributed by atoms with Crippen LogP contribution < -0.4 is 5.32 Å². The fourth-order valence-electron chi connectivity index (χ4n) is 1.98. The number of hydrogen-bond acceptors (Lipinski definition) is 2. The van der Waals surface area contributed by atoms with Crippen LogP contribution >= 0.6 is 23.2 Å². The Bertz CT molecular complexity index is 520. The molecule has 0 aliphatic carbocycles. The van der Waals surface area contributed by atoms with Crippen molar-refractivity contribution in [3.63, 3.8) is 0 Å². The molecule has 0 aliphatic rings. The minimum atomic E-state index is -0.538. The molecule has 116 valence electrons. The number of amides is 2. The Hall–Kier alpha value is -1.26. The lowest BCUT2D eigenvalue weighted by atomic mass is 10.1. The molecule has 0 saturated heterocycles. The van der Waals surface area contributed by atoms with E-state index in [2.05, 4.69) is 5.32 Å². The van der Waals surface area contributed by atoms with E-state index in [1.54, 1.807) is 37.1 Å². The Morgan fingerprint density at radius 3 is 2.48 bits per heavy atom. The highest BCUT2D eigenvalue weighted by atomic mass is 35.5. The van der Waals surface area contributed by atoms with Crippen LogP contribution in [0.2, 0.25) is 10.0 Å². The molecule has 0 unspecified atom stereocenters. The summed E-state index contributed by atoms with van der Waals surface area (Å²) in [6, 6.07) is 4.67. The minimum absolute atomic E-state index is 0.0559. The minimum Gasteiger partial charge on any atom is -0.357 e. The zero-order valence-corrected chi connectivity index (χ0v) is 14.0. The molecule has 0 radical (unpaired) electrons. The van der Waals surface area contributed by atoms with Gasteiger partial charge in [-0.25, -0.2) is 0 Å². The smallest absolute Gasteiger partial charge is 0.242 e. The summed E-state index contributed by atoms with van der Waals surface area (Å²) in [5.41, 5.74) is 0.838. The van der Waals surface area contributed by atoms with E-state index >= 15 is 0 Å². The Morgan fingerprint density at radius 2 is 1.95 bits per heavy atom. The van der Waals surface area contributed by atoms with Gasteiger partial charge in [-0.05, 0) is 31.0 Å². The van der Waals surface area contributed by atoms with Crippen LogP contribution in [-0.2, 0) is 16.1 Å². The van der Waals surface area contributed by atoms with E-state index in [-0.39, 0.29) is 11.8 Å². The molecule has 1 rings (SSSR count). The first-order valence-corrected chi connectivity index (χ1v) is 7.61. The lowest BCUT2D eigenvalue weighted by Gasteiger charge is -2.28. The molecule has 4 nitrogen and oxygen atoms in total. The van der Waals surface area contributed by atoms with Crippen molar-refractivity contribution >= 4 is 35.0 Å². The predicted octanol–water partition coefficient (Wildman–Crippen LogP) is 3.26. The topological polar surface area (TPSA) is 49.4 Å². The molecular weight excluding hydrogens is 311 g/mol. The molecule has 0 bridgehead atoms. The first-order chi connectivity index (χ1) is 9.90. The number of hydrogen-bond donors (Lipinski definition) is 1. The molecular formula is C15H20Cl2N2O2. The second-order valence-corrected chi connectivity index (χ2v) is 5.62. The monoisotopic (exact) mass is 330 g/mol. The lowest BCUT2D eigenvalue weighted by molar-refractivity contribution is -0.140. The number of likely N-dealkylation sites (N-methyl/N-ethyl adjacent to an activating group) is 1. The number of nitrogens with one attached hydrogen (secondary N) is 1. The molecule has 21 heavy (non-hydrogen) atoms. The van der Waals surface area contributed by atoms with Crippen molar-refractivity contribution < 1.29 is 9.59 Å². The number of nitrogens with zero attached hydrogens (tertiary/aromatic N) is 1. The largest absolute Gasteiger partial charge is 0.357 e. The van der Waals surface area contributed by atoms with Crippen molar-refractivity contribution in [2.45, 2.75) is 39.3 Å². The van der Waals surface area contributed by atoms with Crippen molar-refractivity contribution in [2.75, 3.05) is 7.05 Å². The van der Waals surface area contributed by atoms with Crippen LogP contribution in [0, 0.1) is 0 Å². The molecule has 0 aliphatic heterocycles. The number of carbonyl (C=O) groups excluding carboxylic acids is 2. The third-order valence-corrected chi connectivity index (χ3v) is 3.95. The van der Waals surface area contributed by atoms with Crippen LogP contribution in [0.5, 0.6) is 0 Å². The molecule has 6 heteroatoms.